The molecule has 4 heterocycles. The quantitative estimate of drug-likeness (QED) is 0.895. The van der Waals surface area contributed by atoms with Crippen LogP contribution >= 0.6 is 0 Å². The van der Waals surface area contributed by atoms with Gasteiger partial charge in [-0.1, -0.05) is 6.42 Å². The molecule has 26 heavy (non-hydrogen) atoms. The van der Waals surface area contributed by atoms with Crippen molar-refractivity contribution < 1.29 is 4.79 Å². The van der Waals surface area contributed by atoms with Crippen molar-refractivity contribution in [1.82, 2.24) is 19.3 Å². The van der Waals surface area contributed by atoms with Crippen LogP contribution in [0.1, 0.15) is 37.9 Å². The Morgan fingerprint density at radius 1 is 1.08 bits per heavy atom. The highest BCUT2D eigenvalue weighted by Crippen LogP contribution is 2.19. The molecular weight excluding hydrogens is 332 g/mol. The zero-order valence-corrected chi connectivity index (χ0v) is 14.9. The first-order valence-electron chi connectivity index (χ1n) is 9.38. The Bertz CT molecular complexity index is 832. The molecule has 0 spiro atoms. The van der Waals surface area contributed by atoms with Crippen LogP contribution < -0.4 is 15.9 Å². The van der Waals surface area contributed by atoms with Crippen LogP contribution in [0.3, 0.4) is 0 Å². The molecule has 0 atom stereocenters. The summed E-state index contributed by atoms with van der Waals surface area (Å²) in [6.45, 7) is 2.68. The lowest BCUT2D eigenvalue weighted by Crippen LogP contribution is -2.30. The Hall–Kier alpha value is -2.64. The molecule has 0 radical (unpaired) electrons. The monoisotopic (exact) mass is 356 g/mol. The van der Waals surface area contributed by atoms with E-state index in [1.54, 1.807) is 10.8 Å². The molecular formula is C18H24N6O2. The number of anilines is 2. The minimum Gasteiger partial charge on any atom is -0.357 e. The smallest absolute Gasteiger partial charge is 0.346 e. The van der Waals surface area contributed by atoms with Crippen molar-refractivity contribution in [1.29, 1.82) is 0 Å². The van der Waals surface area contributed by atoms with Gasteiger partial charge in [0.15, 0.2) is 0 Å². The Labute approximate surface area is 151 Å². The SMILES string of the molecule is O=C(Cn1nc2n(c1=O)CCCCC2)Nc1ccc(N2CCCC2)nc1. The van der Waals surface area contributed by atoms with Crippen molar-refractivity contribution in [3.63, 3.8) is 0 Å². The third-order valence-electron chi connectivity index (χ3n) is 5.04. The summed E-state index contributed by atoms with van der Waals surface area (Å²) in [5.74, 6) is 1.46. The number of fused-ring (bicyclic) bond motifs is 1. The fourth-order valence-corrected chi connectivity index (χ4v) is 3.66. The maximum Gasteiger partial charge on any atom is 0.346 e. The highest BCUT2D eigenvalue weighted by Gasteiger charge is 2.17. The number of aromatic nitrogens is 4. The van der Waals surface area contributed by atoms with Crippen LogP contribution in [0.15, 0.2) is 23.1 Å². The molecule has 8 heteroatoms. The van der Waals surface area contributed by atoms with E-state index in [-0.39, 0.29) is 18.1 Å². The van der Waals surface area contributed by atoms with Crippen LogP contribution in [-0.4, -0.2) is 38.3 Å². The molecule has 2 aromatic rings. The molecule has 8 nitrogen and oxygen atoms in total. The van der Waals surface area contributed by atoms with Crippen molar-refractivity contribution in [3.8, 4) is 0 Å². The largest absolute Gasteiger partial charge is 0.357 e. The second kappa shape index (κ2) is 7.31. The van der Waals surface area contributed by atoms with E-state index in [0.717, 1.165) is 50.4 Å². The number of nitrogens with zero attached hydrogens (tertiary/aromatic N) is 5. The molecule has 0 bridgehead atoms. The number of pyridine rings is 1. The van der Waals surface area contributed by atoms with Gasteiger partial charge >= 0.3 is 5.69 Å². The van der Waals surface area contributed by atoms with E-state index >= 15 is 0 Å². The van der Waals surface area contributed by atoms with Gasteiger partial charge in [0, 0.05) is 26.1 Å². The first-order valence-corrected chi connectivity index (χ1v) is 9.38. The highest BCUT2D eigenvalue weighted by molar-refractivity contribution is 5.90. The zero-order valence-electron chi connectivity index (χ0n) is 14.9. The summed E-state index contributed by atoms with van der Waals surface area (Å²) in [5.41, 5.74) is 0.436. The second-order valence-electron chi connectivity index (χ2n) is 6.97. The Morgan fingerprint density at radius 2 is 1.88 bits per heavy atom. The van der Waals surface area contributed by atoms with E-state index in [0.29, 0.717) is 12.2 Å². The standard InChI is InChI=1S/C18H24N6O2/c25-17(13-24-18(26)23-11-3-1-2-6-16(23)21-24)20-14-7-8-15(19-12-14)22-9-4-5-10-22/h7-8,12H,1-6,9-11,13H2,(H,20,25). The number of nitrogens with one attached hydrogen (secondary N) is 1. The van der Waals surface area contributed by atoms with E-state index in [2.05, 4.69) is 20.3 Å². The molecule has 2 aliphatic rings. The normalized spacial score (nSPS) is 17.0. The minimum absolute atomic E-state index is 0.0767. The van der Waals surface area contributed by atoms with Gasteiger partial charge in [-0.2, -0.15) is 5.10 Å². The first-order chi connectivity index (χ1) is 12.7. The van der Waals surface area contributed by atoms with Gasteiger partial charge in [-0.25, -0.2) is 14.5 Å². The summed E-state index contributed by atoms with van der Waals surface area (Å²) in [6, 6.07) is 3.77. The molecule has 4 rings (SSSR count). The van der Waals surface area contributed by atoms with Gasteiger partial charge in [0.2, 0.25) is 5.91 Å². The number of aryl methyl sites for hydroxylation is 1. The minimum atomic E-state index is -0.268. The van der Waals surface area contributed by atoms with Gasteiger partial charge in [0.1, 0.15) is 18.2 Å². The van der Waals surface area contributed by atoms with Crippen molar-refractivity contribution in [3.05, 3.63) is 34.6 Å². The molecule has 1 N–H and O–H groups in total. The van der Waals surface area contributed by atoms with Crippen LogP contribution in [0.5, 0.6) is 0 Å². The number of rotatable bonds is 4. The second-order valence-corrected chi connectivity index (χ2v) is 6.97. The van der Waals surface area contributed by atoms with Crippen LogP contribution in [0, 0.1) is 0 Å². The predicted molar refractivity (Wildman–Crippen MR) is 98.4 cm³/mol. The summed E-state index contributed by atoms with van der Waals surface area (Å²) >= 11 is 0. The molecule has 2 aromatic heterocycles. The highest BCUT2D eigenvalue weighted by atomic mass is 16.2. The molecule has 1 fully saturated rings. The van der Waals surface area contributed by atoms with Crippen molar-refractivity contribution >= 4 is 17.4 Å². The fourth-order valence-electron chi connectivity index (χ4n) is 3.66. The van der Waals surface area contributed by atoms with E-state index in [1.165, 1.54) is 17.5 Å². The maximum atomic E-state index is 12.4. The lowest BCUT2D eigenvalue weighted by atomic mass is 10.2. The molecule has 0 aliphatic carbocycles. The van der Waals surface area contributed by atoms with E-state index in [4.69, 9.17) is 0 Å². The lowest BCUT2D eigenvalue weighted by Gasteiger charge is -2.16. The third kappa shape index (κ3) is 3.49. The average Bonchev–Trinajstić information content (AvgIpc) is 3.19. The molecule has 138 valence electrons. The van der Waals surface area contributed by atoms with Crippen molar-refractivity contribution in [2.45, 2.75) is 51.6 Å². The summed E-state index contributed by atoms with van der Waals surface area (Å²) < 4.78 is 2.97. The average molecular weight is 356 g/mol. The van der Waals surface area contributed by atoms with Gasteiger partial charge in [-0.05, 0) is 37.8 Å². The Kier molecular flexibility index (Phi) is 4.73. The maximum absolute atomic E-state index is 12.4. The Balaban J connectivity index is 1.40. The predicted octanol–water partition coefficient (Wildman–Crippen LogP) is 1.41. The molecule has 0 aromatic carbocycles. The number of hydrogen-bond donors (Lipinski definition) is 1. The van der Waals surface area contributed by atoms with E-state index < -0.39 is 0 Å². The van der Waals surface area contributed by atoms with Gasteiger partial charge < -0.3 is 10.2 Å². The third-order valence-corrected chi connectivity index (χ3v) is 5.04. The molecule has 0 saturated carbocycles. The topological polar surface area (TPSA) is 85.0 Å². The van der Waals surface area contributed by atoms with Crippen molar-refractivity contribution in [2.24, 2.45) is 0 Å². The Morgan fingerprint density at radius 3 is 2.65 bits per heavy atom. The summed E-state index contributed by atoms with van der Waals surface area (Å²) in [5, 5.41) is 7.14. The van der Waals surface area contributed by atoms with Gasteiger partial charge in [0.05, 0.1) is 11.9 Å². The van der Waals surface area contributed by atoms with E-state index in [9.17, 15) is 9.59 Å². The number of carbonyl (C=O) groups is 1. The lowest BCUT2D eigenvalue weighted by molar-refractivity contribution is -0.117. The number of carbonyl (C=O) groups excluding carboxylic acids is 1. The molecule has 0 unspecified atom stereocenters. The van der Waals surface area contributed by atoms with Crippen LogP contribution in [0.25, 0.3) is 0 Å². The van der Waals surface area contributed by atoms with Crippen LogP contribution in [0.4, 0.5) is 11.5 Å². The first kappa shape index (κ1) is 16.8. The number of hydrogen-bond acceptors (Lipinski definition) is 5. The summed E-state index contributed by atoms with van der Waals surface area (Å²) in [4.78, 5) is 31.4. The van der Waals surface area contributed by atoms with Gasteiger partial charge in [0.25, 0.3) is 0 Å². The molecule has 2 aliphatic heterocycles. The van der Waals surface area contributed by atoms with Gasteiger partial charge in [-0.3, -0.25) is 9.36 Å². The summed E-state index contributed by atoms with van der Waals surface area (Å²) in [6.07, 6.45) is 8.00. The molecule has 1 amide bonds. The zero-order chi connectivity index (χ0) is 17.9. The van der Waals surface area contributed by atoms with Crippen LogP contribution in [0.2, 0.25) is 0 Å². The van der Waals surface area contributed by atoms with Gasteiger partial charge in [-0.15, -0.1) is 0 Å². The van der Waals surface area contributed by atoms with Crippen LogP contribution in [-0.2, 0) is 24.3 Å². The van der Waals surface area contributed by atoms with E-state index in [1.807, 2.05) is 12.1 Å². The summed E-state index contributed by atoms with van der Waals surface area (Å²) in [7, 11) is 0. The van der Waals surface area contributed by atoms with Crippen molar-refractivity contribution in [2.75, 3.05) is 23.3 Å². The molecule has 1 saturated heterocycles. The number of amides is 1. The fraction of sp³-hybridized carbons (Fsp3) is 0.556.